The molecule has 0 unspecified atom stereocenters. The van der Waals surface area contributed by atoms with Crippen LogP contribution in [0.5, 0.6) is 0 Å². The van der Waals surface area contributed by atoms with Crippen molar-refractivity contribution in [1.29, 1.82) is 0 Å². The number of nitrogens with one attached hydrogen (secondary N) is 1. The second-order valence-electron chi connectivity index (χ2n) is 1.55. The second-order valence-corrected chi connectivity index (χ2v) is 5.52. The standard InChI is InChI=1S/CHF2NO4S2.H3N/c2-1(3)9(5,6)4-10(1,7)8;/h4H;1H3. The third kappa shape index (κ3) is 1.02. The molecular formula is CH4F2N2O4S2. The Morgan fingerprint density at radius 3 is 1.27 bits per heavy atom. The molecule has 0 aromatic heterocycles. The lowest BCUT2D eigenvalue weighted by Gasteiger charge is -2.25. The minimum atomic E-state index is -4.94. The molecule has 0 spiro atoms. The third-order valence-electron chi connectivity index (χ3n) is 0.845. The Labute approximate surface area is 61.3 Å². The molecule has 0 aliphatic carbocycles. The summed E-state index contributed by atoms with van der Waals surface area (Å²) in [6.45, 7) is 0. The number of sulfonamides is 2. The summed E-state index contributed by atoms with van der Waals surface area (Å²) in [7, 11) is -9.88. The Bertz CT molecular complexity index is 320. The topological polar surface area (TPSA) is 115 Å². The van der Waals surface area contributed by atoms with Crippen LogP contribution in [0.15, 0.2) is 0 Å². The van der Waals surface area contributed by atoms with Crippen LogP contribution in [0, 0.1) is 0 Å². The first kappa shape index (κ1) is 10.7. The summed E-state index contributed by atoms with van der Waals surface area (Å²) < 4.78 is 59.5. The molecule has 0 atom stereocenters. The monoisotopic (exact) mass is 210 g/mol. The molecule has 0 radical (unpaired) electrons. The summed E-state index contributed by atoms with van der Waals surface area (Å²) in [5.74, 6) is 0. The molecule has 1 aliphatic rings. The van der Waals surface area contributed by atoms with Gasteiger partial charge in [0.15, 0.2) is 0 Å². The largest absolute Gasteiger partial charge is 0.474 e. The fourth-order valence-electron chi connectivity index (χ4n) is 0.352. The average Bonchev–Trinajstić information content (AvgIpc) is 1.61. The molecule has 0 amide bonds. The summed E-state index contributed by atoms with van der Waals surface area (Å²) in [4.78, 5) is 0. The fourth-order valence-corrected chi connectivity index (χ4v) is 3.17. The van der Waals surface area contributed by atoms with Gasteiger partial charge in [0.25, 0.3) is 0 Å². The first-order chi connectivity index (χ1) is 4.21. The highest BCUT2D eigenvalue weighted by Crippen LogP contribution is 2.35. The van der Waals surface area contributed by atoms with E-state index in [2.05, 4.69) is 0 Å². The first-order valence-corrected chi connectivity index (χ1v) is 4.83. The SMILES string of the molecule is N.O=S1(=O)NS(=O)(=O)C1(F)F. The van der Waals surface area contributed by atoms with Crippen LogP contribution in [0.4, 0.5) is 8.78 Å². The van der Waals surface area contributed by atoms with Crippen molar-refractivity contribution in [2.75, 3.05) is 0 Å². The molecule has 6 nitrogen and oxygen atoms in total. The molecule has 1 heterocycles. The maximum Gasteiger partial charge on any atom is 0.474 e. The minimum Gasteiger partial charge on any atom is -0.344 e. The van der Waals surface area contributed by atoms with Crippen molar-refractivity contribution in [3.8, 4) is 0 Å². The molecular weight excluding hydrogens is 206 g/mol. The van der Waals surface area contributed by atoms with Gasteiger partial charge in [-0.1, -0.05) is 4.13 Å². The van der Waals surface area contributed by atoms with Crippen molar-refractivity contribution in [2.45, 2.75) is 4.59 Å². The second kappa shape index (κ2) is 2.09. The van der Waals surface area contributed by atoms with Gasteiger partial charge in [-0.05, 0) is 0 Å². The van der Waals surface area contributed by atoms with Crippen LogP contribution in [-0.4, -0.2) is 21.4 Å². The summed E-state index contributed by atoms with van der Waals surface area (Å²) >= 11 is 0. The Kier molecular flexibility index (Phi) is 2.03. The van der Waals surface area contributed by atoms with E-state index in [4.69, 9.17) is 0 Å². The number of hydrogen-bond acceptors (Lipinski definition) is 5. The van der Waals surface area contributed by atoms with Crippen LogP contribution in [0.3, 0.4) is 0 Å². The summed E-state index contributed by atoms with van der Waals surface area (Å²) in [6.07, 6.45) is 0. The van der Waals surface area contributed by atoms with E-state index in [1.807, 2.05) is 0 Å². The number of hydrogen-bond donors (Lipinski definition) is 2. The van der Waals surface area contributed by atoms with Crippen LogP contribution in [0.2, 0.25) is 0 Å². The summed E-state index contributed by atoms with van der Waals surface area (Å²) in [5.41, 5.74) is 0. The first-order valence-electron chi connectivity index (χ1n) is 1.86. The molecule has 1 aliphatic heterocycles. The molecule has 10 heteroatoms. The predicted molar refractivity (Wildman–Crippen MR) is 30.9 cm³/mol. The van der Waals surface area contributed by atoms with E-state index in [1.165, 1.54) is 0 Å². The van der Waals surface area contributed by atoms with Crippen LogP contribution >= 0.6 is 0 Å². The van der Waals surface area contributed by atoms with E-state index in [-0.39, 0.29) is 6.15 Å². The highest BCUT2D eigenvalue weighted by molar-refractivity contribution is 8.22. The maximum absolute atomic E-state index is 11.9. The molecule has 11 heavy (non-hydrogen) atoms. The average molecular weight is 210 g/mol. The van der Waals surface area contributed by atoms with E-state index in [0.717, 1.165) is 4.13 Å². The van der Waals surface area contributed by atoms with Gasteiger partial charge in [0.1, 0.15) is 0 Å². The third-order valence-corrected chi connectivity index (χ3v) is 5.17. The maximum atomic E-state index is 11.9. The lowest BCUT2D eigenvalue weighted by molar-refractivity contribution is 0.168. The van der Waals surface area contributed by atoms with Crippen molar-refractivity contribution in [2.24, 2.45) is 0 Å². The van der Waals surface area contributed by atoms with Crippen molar-refractivity contribution < 1.29 is 25.6 Å². The van der Waals surface area contributed by atoms with Crippen LogP contribution in [0.1, 0.15) is 0 Å². The predicted octanol–water partition coefficient (Wildman–Crippen LogP) is -1.04. The van der Waals surface area contributed by atoms with E-state index >= 15 is 0 Å². The fraction of sp³-hybridized carbons (Fsp3) is 1.00. The normalized spacial score (nSPS) is 29.6. The molecule has 0 aromatic rings. The van der Waals surface area contributed by atoms with Gasteiger partial charge in [0, 0.05) is 0 Å². The Hall–Kier alpha value is -0.320. The number of alkyl halides is 2. The number of rotatable bonds is 0. The highest BCUT2D eigenvalue weighted by atomic mass is 32.3. The van der Waals surface area contributed by atoms with Gasteiger partial charge in [-0.3, -0.25) is 0 Å². The minimum absolute atomic E-state index is 0. The van der Waals surface area contributed by atoms with E-state index < -0.39 is 24.6 Å². The Morgan fingerprint density at radius 2 is 1.27 bits per heavy atom. The van der Waals surface area contributed by atoms with Gasteiger partial charge in [0.05, 0.1) is 0 Å². The van der Waals surface area contributed by atoms with Crippen LogP contribution in [0.25, 0.3) is 0 Å². The van der Waals surface area contributed by atoms with Gasteiger partial charge in [-0.2, -0.15) is 8.78 Å². The molecule has 0 saturated carbocycles. The Balaban J connectivity index is 0.000001000. The molecule has 4 N–H and O–H groups in total. The molecule has 68 valence electrons. The molecule has 1 saturated heterocycles. The van der Waals surface area contributed by atoms with Gasteiger partial charge in [-0.25, -0.2) is 16.8 Å². The van der Waals surface area contributed by atoms with Crippen LogP contribution < -0.4 is 10.3 Å². The van der Waals surface area contributed by atoms with Gasteiger partial charge >= 0.3 is 24.6 Å². The van der Waals surface area contributed by atoms with E-state index in [9.17, 15) is 25.6 Å². The van der Waals surface area contributed by atoms with E-state index in [1.54, 1.807) is 0 Å². The Morgan fingerprint density at radius 1 is 1.00 bits per heavy atom. The zero-order chi connectivity index (χ0) is 8.21. The van der Waals surface area contributed by atoms with Crippen molar-refractivity contribution in [3.05, 3.63) is 0 Å². The van der Waals surface area contributed by atoms with E-state index in [0.29, 0.717) is 0 Å². The lowest BCUT2D eigenvalue weighted by atomic mass is 11.6. The van der Waals surface area contributed by atoms with Gasteiger partial charge in [0.2, 0.25) is 0 Å². The van der Waals surface area contributed by atoms with Gasteiger partial charge in [-0.15, -0.1) is 0 Å². The molecule has 0 aromatic carbocycles. The number of halogens is 2. The quantitative estimate of drug-likeness (QED) is 0.530. The lowest BCUT2D eigenvalue weighted by Crippen LogP contribution is -2.62. The summed E-state index contributed by atoms with van der Waals surface area (Å²) in [6, 6.07) is 0. The van der Waals surface area contributed by atoms with Gasteiger partial charge < -0.3 is 6.15 Å². The molecule has 1 rings (SSSR count). The highest BCUT2D eigenvalue weighted by Gasteiger charge is 2.69. The zero-order valence-electron chi connectivity index (χ0n) is 4.91. The zero-order valence-corrected chi connectivity index (χ0v) is 6.55. The molecule has 1 fully saturated rings. The van der Waals surface area contributed by atoms with Crippen LogP contribution in [-0.2, 0) is 20.0 Å². The smallest absolute Gasteiger partial charge is 0.344 e. The van der Waals surface area contributed by atoms with Crippen molar-refractivity contribution in [3.63, 3.8) is 0 Å². The van der Waals surface area contributed by atoms with Crippen molar-refractivity contribution >= 4 is 20.0 Å². The molecule has 0 bridgehead atoms. The summed E-state index contributed by atoms with van der Waals surface area (Å²) in [5, 5.41) is 0. The van der Waals surface area contributed by atoms with Crippen molar-refractivity contribution in [1.82, 2.24) is 10.3 Å².